The van der Waals surface area contributed by atoms with Gasteiger partial charge in [-0.25, -0.2) is 0 Å². The molecule has 0 aliphatic carbocycles. The number of ether oxygens (including phenoxy) is 1. The van der Waals surface area contributed by atoms with E-state index in [1.807, 2.05) is 62.4 Å². The number of amides is 2. The molecule has 1 heterocycles. The van der Waals surface area contributed by atoms with Gasteiger partial charge in [-0.05, 0) is 54.9 Å². The highest BCUT2D eigenvalue weighted by Gasteiger charge is 2.34. The number of hydrogen-bond acceptors (Lipinski definition) is 4. The Kier molecular flexibility index (Phi) is 5.24. The number of aryl methyl sites for hydroxylation is 2. The molecule has 3 rings (SSSR count). The van der Waals surface area contributed by atoms with Gasteiger partial charge in [-0.3, -0.25) is 14.5 Å². The van der Waals surface area contributed by atoms with Crippen molar-refractivity contribution in [1.29, 1.82) is 0 Å². The summed E-state index contributed by atoms with van der Waals surface area (Å²) in [6.45, 7) is 4.50. The van der Waals surface area contributed by atoms with Gasteiger partial charge in [-0.1, -0.05) is 42.0 Å². The van der Waals surface area contributed by atoms with E-state index in [0.717, 1.165) is 34.2 Å². The maximum atomic E-state index is 12.5. The molecule has 2 aromatic rings. The minimum absolute atomic E-state index is 0.240. The zero-order valence-electron chi connectivity index (χ0n) is 14.2. The molecule has 25 heavy (non-hydrogen) atoms. The second-order valence-corrected chi connectivity index (χ2v) is 6.84. The summed E-state index contributed by atoms with van der Waals surface area (Å²) in [7, 11) is 0. The van der Waals surface area contributed by atoms with Crippen molar-refractivity contribution in [2.45, 2.75) is 13.8 Å². The molecule has 1 saturated heterocycles. The van der Waals surface area contributed by atoms with E-state index in [2.05, 4.69) is 0 Å². The van der Waals surface area contributed by atoms with E-state index in [1.54, 1.807) is 6.08 Å². The molecule has 2 aromatic carbocycles. The molecule has 0 spiro atoms. The zero-order valence-corrected chi connectivity index (χ0v) is 15.0. The van der Waals surface area contributed by atoms with E-state index >= 15 is 0 Å². The standard InChI is InChI=1S/C20H19NO3S/c1-14-7-9-17(10-8-14)24-12-11-21-19(22)18(25-20(21)23)13-16-6-4-3-5-15(16)2/h3-10,13H,11-12H2,1-2H3/b18-13-. The third-order valence-corrected chi connectivity index (χ3v) is 4.86. The quantitative estimate of drug-likeness (QED) is 0.747. The van der Waals surface area contributed by atoms with Gasteiger partial charge >= 0.3 is 0 Å². The summed E-state index contributed by atoms with van der Waals surface area (Å²) < 4.78 is 5.62. The first-order valence-electron chi connectivity index (χ1n) is 8.05. The fraction of sp³-hybridized carbons (Fsp3) is 0.200. The number of rotatable bonds is 5. The molecule has 1 aliphatic heterocycles. The van der Waals surface area contributed by atoms with Gasteiger partial charge in [0.15, 0.2) is 0 Å². The highest BCUT2D eigenvalue weighted by molar-refractivity contribution is 8.18. The number of benzene rings is 2. The smallest absolute Gasteiger partial charge is 0.293 e. The lowest BCUT2D eigenvalue weighted by atomic mass is 10.1. The van der Waals surface area contributed by atoms with Gasteiger partial charge in [0, 0.05) is 0 Å². The summed E-state index contributed by atoms with van der Waals surface area (Å²) in [4.78, 5) is 26.3. The molecule has 0 radical (unpaired) electrons. The number of nitrogens with zero attached hydrogens (tertiary/aromatic N) is 1. The van der Waals surface area contributed by atoms with Crippen LogP contribution in [0.15, 0.2) is 53.4 Å². The van der Waals surface area contributed by atoms with Crippen LogP contribution in [0.1, 0.15) is 16.7 Å². The Bertz CT molecular complexity index is 827. The van der Waals surface area contributed by atoms with Crippen LogP contribution in [-0.2, 0) is 4.79 Å². The van der Waals surface area contributed by atoms with Crippen molar-refractivity contribution < 1.29 is 14.3 Å². The molecule has 1 fully saturated rings. The summed E-state index contributed by atoms with van der Waals surface area (Å²) in [5, 5.41) is -0.252. The Morgan fingerprint density at radius 1 is 1.04 bits per heavy atom. The third-order valence-electron chi connectivity index (χ3n) is 3.95. The molecule has 128 valence electrons. The Morgan fingerprint density at radius 3 is 2.48 bits per heavy atom. The SMILES string of the molecule is Cc1ccc(OCCN2C(=O)S/C(=C\c3ccccc3C)C2=O)cc1. The van der Waals surface area contributed by atoms with E-state index < -0.39 is 0 Å². The molecule has 0 atom stereocenters. The minimum Gasteiger partial charge on any atom is -0.492 e. The first-order chi connectivity index (χ1) is 12.0. The molecular formula is C20H19NO3S. The van der Waals surface area contributed by atoms with Gasteiger partial charge in [0.2, 0.25) is 0 Å². The molecule has 0 saturated carbocycles. The van der Waals surface area contributed by atoms with Crippen LogP contribution in [0, 0.1) is 13.8 Å². The maximum Gasteiger partial charge on any atom is 0.293 e. The zero-order chi connectivity index (χ0) is 17.8. The van der Waals surface area contributed by atoms with Crippen LogP contribution < -0.4 is 4.74 Å². The lowest BCUT2D eigenvalue weighted by Crippen LogP contribution is -2.32. The third kappa shape index (κ3) is 4.12. The largest absolute Gasteiger partial charge is 0.492 e. The number of thioether (sulfide) groups is 1. The van der Waals surface area contributed by atoms with Crippen molar-refractivity contribution in [3.63, 3.8) is 0 Å². The maximum absolute atomic E-state index is 12.5. The highest BCUT2D eigenvalue weighted by Crippen LogP contribution is 2.32. The lowest BCUT2D eigenvalue weighted by Gasteiger charge is -2.13. The Morgan fingerprint density at radius 2 is 1.76 bits per heavy atom. The molecule has 1 aliphatic rings. The number of carbonyl (C=O) groups excluding carboxylic acids is 2. The topological polar surface area (TPSA) is 46.6 Å². The second kappa shape index (κ2) is 7.57. The molecule has 0 N–H and O–H groups in total. The van der Waals surface area contributed by atoms with E-state index in [0.29, 0.717) is 4.91 Å². The van der Waals surface area contributed by atoms with Gasteiger partial charge in [0.05, 0.1) is 11.4 Å². The van der Waals surface area contributed by atoms with Crippen LogP contribution >= 0.6 is 11.8 Å². The number of hydrogen-bond donors (Lipinski definition) is 0. The van der Waals surface area contributed by atoms with E-state index in [9.17, 15) is 9.59 Å². The van der Waals surface area contributed by atoms with Crippen LogP contribution in [0.5, 0.6) is 5.75 Å². The van der Waals surface area contributed by atoms with Gasteiger partial charge in [-0.15, -0.1) is 0 Å². The first kappa shape index (κ1) is 17.3. The predicted octanol–water partition coefficient (Wildman–Crippen LogP) is 4.42. The van der Waals surface area contributed by atoms with E-state index in [-0.39, 0.29) is 24.3 Å². The van der Waals surface area contributed by atoms with Gasteiger partial charge in [0.1, 0.15) is 12.4 Å². The Balaban J connectivity index is 1.63. The van der Waals surface area contributed by atoms with E-state index in [4.69, 9.17) is 4.74 Å². The summed E-state index contributed by atoms with van der Waals surface area (Å²) in [6.07, 6.45) is 1.78. The van der Waals surface area contributed by atoms with Crippen molar-refractivity contribution in [2.24, 2.45) is 0 Å². The number of imide groups is 1. The average Bonchev–Trinajstić information content (AvgIpc) is 2.86. The molecule has 0 aromatic heterocycles. The fourth-order valence-electron chi connectivity index (χ4n) is 2.47. The summed E-state index contributed by atoms with van der Waals surface area (Å²) >= 11 is 0.977. The van der Waals surface area contributed by atoms with Crippen molar-refractivity contribution >= 4 is 29.0 Å². The first-order valence-corrected chi connectivity index (χ1v) is 8.87. The summed E-state index contributed by atoms with van der Waals surface area (Å²) in [5.74, 6) is 0.471. The Labute approximate surface area is 151 Å². The van der Waals surface area contributed by atoms with Crippen molar-refractivity contribution in [2.75, 3.05) is 13.2 Å². The molecule has 2 amide bonds. The van der Waals surface area contributed by atoms with Crippen LogP contribution in [0.25, 0.3) is 6.08 Å². The van der Waals surface area contributed by atoms with Gasteiger partial charge in [-0.2, -0.15) is 0 Å². The van der Waals surface area contributed by atoms with Gasteiger partial charge in [0.25, 0.3) is 11.1 Å². The van der Waals surface area contributed by atoms with Crippen molar-refractivity contribution in [1.82, 2.24) is 4.90 Å². The van der Waals surface area contributed by atoms with Crippen LogP contribution in [-0.4, -0.2) is 29.2 Å². The predicted molar refractivity (Wildman–Crippen MR) is 101 cm³/mol. The van der Waals surface area contributed by atoms with Crippen LogP contribution in [0.4, 0.5) is 4.79 Å². The molecule has 4 nitrogen and oxygen atoms in total. The lowest BCUT2D eigenvalue weighted by molar-refractivity contribution is -0.123. The van der Waals surface area contributed by atoms with Gasteiger partial charge < -0.3 is 4.74 Å². The van der Waals surface area contributed by atoms with Crippen LogP contribution in [0.2, 0.25) is 0 Å². The molecule has 0 bridgehead atoms. The summed E-state index contributed by atoms with van der Waals surface area (Å²) in [5.41, 5.74) is 3.17. The normalized spacial score (nSPS) is 15.9. The fourth-order valence-corrected chi connectivity index (χ4v) is 3.33. The minimum atomic E-state index is -0.259. The molecule has 0 unspecified atom stereocenters. The van der Waals surface area contributed by atoms with E-state index in [1.165, 1.54) is 4.90 Å². The number of carbonyl (C=O) groups is 2. The molecular weight excluding hydrogens is 334 g/mol. The second-order valence-electron chi connectivity index (χ2n) is 5.85. The highest BCUT2D eigenvalue weighted by atomic mass is 32.2. The van der Waals surface area contributed by atoms with Crippen LogP contribution in [0.3, 0.4) is 0 Å². The average molecular weight is 353 g/mol. The van der Waals surface area contributed by atoms with Crippen molar-refractivity contribution in [3.8, 4) is 5.75 Å². The molecule has 5 heteroatoms. The van der Waals surface area contributed by atoms with Crippen molar-refractivity contribution in [3.05, 3.63) is 70.1 Å². The monoisotopic (exact) mass is 353 g/mol. The Hall–Kier alpha value is -2.53. The summed E-state index contributed by atoms with van der Waals surface area (Å²) in [6, 6.07) is 15.4.